The third kappa shape index (κ3) is 5.19. The zero-order valence-electron chi connectivity index (χ0n) is 16.6. The first-order chi connectivity index (χ1) is 15.1. The molecule has 3 rings (SSSR count). The summed E-state index contributed by atoms with van der Waals surface area (Å²) >= 11 is 0. The van der Waals surface area contributed by atoms with E-state index in [0.717, 1.165) is 17.9 Å². The Morgan fingerprint density at radius 1 is 1.28 bits per heavy atom. The molecule has 170 valence electrons. The molecule has 1 aromatic carbocycles. The van der Waals surface area contributed by atoms with Crippen molar-refractivity contribution in [2.45, 2.75) is 12.2 Å². The van der Waals surface area contributed by atoms with E-state index in [1.165, 1.54) is 25.2 Å². The molecule has 14 heteroatoms. The van der Waals surface area contributed by atoms with Crippen molar-refractivity contribution in [3.8, 4) is 11.4 Å². The zero-order valence-corrected chi connectivity index (χ0v) is 16.6. The van der Waals surface area contributed by atoms with Crippen molar-refractivity contribution in [2.75, 3.05) is 13.7 Å². The number of hydrogen-bond donors (Lipinski definition) is 2. The molecule has 0 radical (unpaired) electrons. The number of ether oxygens (including phenoxy) is 1. The van der Waals surface area contributed by atoms with Gasteiger partial charge in [-0.3, -0.25) is 9.48 Å². The summed E-state index contributed by atoms with van der Waals surface area (Å²) in [6.45, 7) is -0.298. The summed E-state index contributed by atoms with van der Waals surface area (Å²) in [6, 6.07) is 4.75. The quantitative estimate of drug-likeness (QED) is 0.546. The van der Waals surface area contributed by atoms with E-state index in [9.17, 15) is 27.2 Å². The number of aryl methyl sites for hydroxylation is 1. The van der Waals surface area contributed by atoms with Crippen molar-refractivity contribution < 1.29 is 36.4 Å². The maximum Gasteiger partial charge on any atom is 0.435 e. The number of aromatic nitrogens is 4. The van der Waals surface area contributed by atoms with Gasteiger partial charge in [0, 0.05) is 18.7 Å². The molecule has 3 aromatic rings. The summed E-state index contributed by atoms with van der Waals surface area (Å²) in [5.41, 5.74) is -1.36. The minimum Gasteiger partial charge on any atom is -0.453 e. The van der Waals surface area contributed by atoms with Crippen LogP contribution in [0.2, 0.25) is 0 Å². The van der Waals surface area contributed by atoms with Crippen LogP contribution in [0, 0.1) is 5.82 Å². The summed E-state index contributed by atoms with van der Waals surface area (Å²) in [5, 5.41) is 11.7. The number of hydrogen-bond acceptors (Lipinski definition) is 7. The topological polar surface area (TPSA) is 124 Å². The number of alkyl halides is 3. The molecule has 2 aromatic heterocycles. The molecule has 0 fully saturated rings. The fourth-order valence-electron chi connectivity index (χ4n) is 2.63. The van der Waals surface area contributed by atoms with Crippen LogP contribution in [-0.2, 0) is 18.0 Å². The van der Waals surface area contributed by atoms with Crippen LogP contribution in [0.15, 0.2) is 34.9 Å². The van der Waals surface area contributed by atoms with Crippen LogP contribution in [0.3, 0.4) is 0 Å². The molecule has 0 aliphatic rings. The van der Waals surface area contributed by atoms with Crippen LogP contribution in [0.5, 0.6) is 0 Å². The number of carbonyl (C=O) groups is 2. The highest BCUT2D eigenvalue weighted by molar-refractivity contribution is 5.93. The lowest BCUT2D eigenvalue weighted by molar-refractivity contribution is -0.141. The fourth-order valence-corrected chi connectivity index (χ4v) is 2.63. The van der Waals surface area contributed by atoms with E-state index in [-0.39, 0.29) is 23.8 Å². The van der Waals surface area contributed by atoms with Crippen LogP contribution < -0.4 is 10.6 Å². The monoisotopic (exact) mass is 456 g/mol. The molecule has 0 saturated carbocycles. The van der Waals surface area contributed by atoms with E-state index < -0.39 is 41.4 Å². The molecule has 1 atom stereocenters. The van der Waals surface area contributed by atoms with Gasteiger partial charge in [0.2, 0.25) is 5.82 Å². The van der Waals surface area contributed by atoms with E-state index in [4.69, 9.17) is 4.52 Å². The van der Waals surface area contributed by atoms with Crippen molar-refractivity contribution in [3.05, 3.63) is 53.4 Å². The first-order valence-corrected chi connectivity index (χ1v) is 8.92. The first kappa shape index (κ1) is 22.7. The van der Waals surface area contributed by atoms with Gasteiger partial charge in [0.1, 0.15) is 17.6 Å². The molecule has 10 nitrogen and oxygen atoms in total. The molecule has 0 bridgehead atoms. The molecule has 2 heterocycles. The van der Waals surface area contributed by atoms with Crippen molar-refractivity contribution in [1.29, 1.82) is 0 Å². The highest BCUT2D eigenvalue weighted by Gasteiger charge is 2.36. The molecule has 0 spiro atoms. The van der Waals surface area contributed by atoms with Gasteiger partial charge in [-0.25, -0.2) is 9.18 Å². The summed E-state index contributed by atoms with van der Waals surface area (Å²) < 4.78 is 62.5. The minimum atomic E-state index is -4.74. The fraction of sp³-hybridized carbons (Fsp3) is 0.278. The highest BCUT2D eigenvalue weighted by atomic mass is 19.4. The van der Waals surface area contributed by atoms with E-state index >= 15 is 0 Å². The smallest absolute Gasteiger partial charge is 0.435 e. The summed E-state index contributed by atoms with van der Waals surface area (Å²) in [5.74, 6) is -1.68. The van der Waals surface area contributed by atoms with Gasteiger partial charge in [-0.1, -0.05) is 17.3 Å². The molecule has 32 heavy (non-hydrogen) atoms. The van der Waals surface area contributed by atoms with Gasteiger partial charge in [-0.2, -0.15) is 23.3 Å². The summed E-state index contributed by atoms with van der Waals surface area (Å²) in [6.07, 6.45) is -5.58. The molecule has 0 aliphatic carbocycles. The highest BCUT2D eigenvalue weighted by Crippen LogP contribution is 2.28. The molecule has 2 amide bonds. The van der Waals surface area contributed by atoms with Gasteiger partial charge < -0.3 is 19.9 Å². The Kier molecular flexibility index (Phi) is 6.41. The zero-order chi connectivity index (χ0) is 23.5. The lowest BCUT2D eigenvalue weighted by atomic mass is 10.2. The second kappa shape index (κ2) is 9.03. The van der Waals surface area contributed by atoms with E-state index in [1.54, 1.807) is 0 Å². The van der Waals surface area contributed by atoms with Crippen molar-refractivity contribution in [2.24, 2.45) is 7.05 Å². The Morgan fingerprint density at radius 3 is 2.66 bits per heavy atom. The third-order valence-electron chi connectivity index (χ3n) is 4.17. The van der Waals surface area contributed by atoms with Crippen LogP contribution in [-0.4, -0.2) is 45.6 Å². The number of benzene rings is 1. The van der Waals surface area contributed by atoms with E-state index in [0.29, 0.717) is 6.07 Å². The molecule has 2 N–H and O–H groups in total. The Hall–Kier alpha value is -3.97. The number of methoxy groups -OCH3 is 1. The van der Waals surface area contributed by atoms with Gasteiger partial charge in [0.15, 0.2) is 5.69 Å². The predicted octanol–water partition coefficient (Wildman–Crippen LogP) is 2.46. The maximum absolute atomic E-state index is 13.5. The normalized spacial score (nSPS) is 12.3. The average Bonchev–Trinajstić information content (AvgIpc) is 3.37. The molecule has 1 unspecified atom stereocenters. The van der Waals surface area contributed by atoms with Crippen LogP contribution in [0.1, 0.15) is 28.1 Å². The van der Waals surface area contributed by atoms with Crippen molar-refractivity contribution in [1.82, 2.24) is 30.6 Å². The minimum absolute atomic E-state index is 0.00305. The van der Waals surface area contributed by atoms with Crippen molar-refractivity contribution >= 4 is 12.0 Å². The number of carbonyl (C=O) groups excluding carboxylic acids is 2. The number of alkyl carbamates (subject to hydrolysis) is 1. The predicted molar refractivity (Wildman–Crippen MR) is 98.5 cm³/mol. The van der Waals surface area contributed by atoms with Gasteiger partial charge in [0.25, 0.3) is 11.8 Å². The van der Waals surface area contributed by atoms with Gasteiger partial charge in [-0.05, 0) is 12.1 Å². The Bertz CT molecular complexity index is 1130. The standard InChI is InChI=1S/C18H16F4N6O4/c1-28-12(7-13(26-28)18(20,21)22)15(29)24-11(8-23-17(30)31-2)16-25-14(27-32-16)9-4-3-5-10(19)6-9/h3-7,11H,8H2,1-2H3,(H,23,30)(H,24,29). The molecular formula is C18H16F4N6O4. The Morgan fingerprint density at radius 2 is 2.03 bits per heavy atom. The van der Waals surface area contributed by atoms with E-state index in [1.807, 2.05) is 0 Å². The first-order valence-electron chi connectivity index (χ1n) is 8.92. The number of rotatable bonds is 6. The van der Waals surface area contributed by atoms with Gasteiger partial charge >= 0.3 is 12.3 Å². The van der Waals surface area contributed by atoms with E-state index in [2.05, 4.69) is 30.6 Å². The molecule has 0 aliphatic heterocycles. The second-order valence-corrected chi connectivity index (χ2v) is 6.40. The number of nitrogens with zero attached hydrogens (tertiary/aromatic N) is 4. The largest absolute Gasteiger partial charge is 0.453 e. The Labute approximate surface area is 177 Å². The SMILES string of the molecule is COC(=O)NCC(NC(=O)c1cc(C(F)(F)F)nn1C)c1nc(-c2cccc(F)c2)no1. The van der Waals surface area contributed by atoms with Crippen molar-refractivity contribution in [3.63, 3.8) is 0 Å². The van der Waals surface area contributed by atoms with Gasteiger partial charge in [-0.15, -0.1) is 0 Å². The van der Waals surface area contributed by atoms with Crippen LogP contribution in [0.4, 0.5) is 22.4 Å². The molecule has 0 saturated heterocycles. The van der Waals surface area contributed by atoms with Crippen LogP contribution in [0.25, 0.3) is 11.4 Å². The second-order valence-electron chi connectivity index (χ2n) is 6.40. The number of halogens is 4. The summed E-state index contributed by atoms with van der Waals surface area (Å²) in [7, 11) is 2.28. The number of nitrogens with one attached hydrogen (secondary N) is 2. The average molecular weight is 456 g/mol. The lowest BCUT2D eigenvalue weighted by Gasteiger charge is -2.15. The maximum atomic E-state index is 13.5. The van der Waals surface area contributed by atoms with Crippen LogP contribution >= 0.6 is 0 Å². The third-order valence-corrected chi connectivity index (χ3v) is 4.17. The molecular weight excluding hydrogens is 440 g/mol. The Balaban J connectivity index is 1.86. The number of amides is 2. The lowest BCUT2D eigenvalue weighted by Crippen LogP contribution is -2.38. The summed E-state index contributed by atoms with van der Waals surface area (Å²) in [4.78, 5) is 28.1. The van der Waals surface area contributed by atoms with Gasteiger partial charge in [0.05, 0.1) is 13.7 Å².